The summed E-state index contributed by atoms with van der Waals surface area (Å²) >= 11 is 0. The average molecular weight is 382 g/mol. The first-order valence-electron chi connectivity index (χ1n) is 9.28. The molecule has 2 aromatic heterocycles. The second-order valence-corrected chi connectivity index (χ2v) is 7.59. The van der Waals surface area contributed by atoms with Crippen molar-refractivity contribution < 1.29 is 9.90 Å². The minimum absolute atomic E-state index is 0.00403. The van der Waals surface area contributed by atoms with Crippen molar-refractivity contribution in [2.24, 2.45) is 20.0 Å². The zero-order chi connectivity index (χ0) is 20.6. The van der Waals surface area contributed by atoms with Crippen LogP contribution in [0, 0.1) is 12.8 Å². The number of carboxylic acid groups (broad SMARTS) is 1. The molecule has 0 radical (unpaired) electrons. The average Bonchev–Trinajstić information content (AvgIpc) is 2.95. The molecule has 0 spiro atoms. The number of aromatic nitrogens is 3. The van der Waals surface area contributed by atoms with E-state index in [0.717, 1.165) is 28.0 Å². The molecule has 0 aliphatic rings. The molecule has 1 atom stereocenters. The van der Waals surface area contributed by atoms with Crippen LogP contribution in [-0.4, -0.2) is 31.2 Å². The molecule has 7 heteroatoms. The second kappa shape index (κ2) is 7.59. The molecule has 1 aromatic carbocycles. The predicted molar refractivity (Wildman–Crippen MR) is 109 cm³/mol. The standard InChI is InChI=1S/C21H26N4O3/c1-12(2)18(21(27)28)22-10-14-6-7-17-16(9-14)23-19(25(17)5)15-8-13(3)20(26)24(4)11-15/h6-9,11-12,18,22H,10H2,1-5H3,(H,27,28)/t18-/m0/s1. The lowest BCUT2D eigenvalue weighted by Gasteiger charge is -2.17. The van der Waals surface area contributed by atoms with E-state index in [0.29, 0.717) is 12.1 Å². The van der Waals surface area contributed by atoms with Crippen molar-refractivity contribution >= 4 is 17.0 Å². The van der Waals surface area contributed by atoms with E-state index >= 15 is 0 Å². The van der Waals surface area contributed by atoms with Crippen LogP contribution in [0.15, 0.2) is 35.3 Å². The maximum absolute atomic E-state index is 12.0. The summed E-state index contributed by atoms with van der Waals surface area (Å²) in [6.45, 7) is 6.02. The third kappa shape index (κ3) is 3.71. The number of hydrogen-bond acceptors (Lipinski definition) is 4. The van der Waals surface area contributed by atoms with Crippen LogP contribution in [0.3, 0.4) is 0 Å². The lowest BCUT2D eigenvalue weighted by atomic mass is 10.0. The third-order valence-corrected chi connectivity index (χ3v) is 5.02. The Morgan fingerprint density at radius 3 is 2.57 bits per heavy atom. The maximum atomic E-state index is 12.0. The molecule has 0 amide bonds. The van der Waals surface area contributed by atoms with E-state index in [4.69, 9.17) is 4.98 Å². The van der Waals surface area contributed by atoms with Gasteiger partial charge in [-0.3, -0.25) is 9.59 Å². The first kappa shape index (κ1) is 19.8. The monoisotopic (exact) mass is 382 g/mol. The van der Waals surface area contributed by atoms with Gasteiger partial charge in [-0.15, -0.1) is 0 Å². The molecule has 2 N–H and O–H groups in total. The second-order valence-electron chi connectivity index (χ2n) is 7.59. The van der Waals surface area contributed by atoms with E-state index < -0.39 is 12.0 Å². The summed E-state index contributed by atoms with van der Waals surface area (Å²) in [5.41, 5.74) is 4.31. The number of hydrogen-bond donors (Lipinski definition) is 2. The highest BCUT2D eigenvalue weighted by atomic mass is 16.4. The molecule has 0 unspecified atom stereocenters. The quantitative estimate of drug-likeness (QED) is 0.684. The van der Waals surface area contributed by atoms with Gasteiger partial charge in [0.05, 0.1) is 11.0 Å². The van der Waals surface area contributed by atoms with Crippen LogP contribution in [0.5, 0.6) is 0 Å². The molecule has 3 rings (SSSR count). The van der Waals surface area contributed by atoms with Crippen LogP contribution in [-0.2, 0) is 25.4 Å². The highest BCUT2D eigenvalue weighted by molar-refractivity contribution is 5.81. The number of nitrogens with one attached hydrogen (secondary N) is 1. The van der Waals surface area contributed by atoms with Gasteiger partial charge in [-0.1, -0.05) is 19.9 Å². The number of aliphatic carboxylic acids is 1. The molecule has 7 nitrogen and oxygen atoms in total. The molecule has 0 aliphatic carbocycles. The van der Waals surface area contributed by atoms with Gasteiger partial charge >= 0.3 is 5.97 Å². The van der Waals surface area contributed by atoms with Gasteiger partial charge in [-0.25, -0.2) is 4.98 Å². The zero-order valence-corrected chi connectivity index (χ0v) is 16.9. The molecular weight excluding hydrogens is 356 g/mol. The smallest absolute Gasteiger partial charge is 0.320 e. The Hall–Kier alpha value is -2.93. The van der Waals surface area contributed by atoms with Crippen LogP contribution in [0.25, 0.3) is 22.4 Å². The molecule has 2 heterocycles. The molecule has 0 saturated carbocycles. The van der Waals surface area contributed by atoms with Crippen molar-refractivity contribution in [2.75, 3.05) is 0 Å². The van der Waals surface area contributed by atoms with E-state index in [1.807, 2.05) is 49.7 Å². The fourth-order valence-corrected chi connectivity index (χ4v) is 3.45. The first-order valence-corrected chi connectivity index (χ1v) is 9.28. The van der Waals surface area contributed by atoms with Crippen LogP contribution >= 0.6 is 0 Å². The Labute approximate surface area is 163 Å². The van der Waals surface area contributed by atoms with Gasteiger partial charge in [-0.05, 0) is 36.6 Å². The van der Waals surface area contributed by atoms with Crippen molar-refractivity contribution in [3.8, 4) is 11.4 Å². The normalized spacial score (nSPS) is 12.6. The van der Waals surface area contributed by atoms with Gasteiger partial charge in [0.15, 0.2) is 0 Å². The van der Waals surface area contributed by atoms with Crippen molar-refractivity contribution in [1.29, 1.82) is 0 Å². The van der Waals surface area contributed by atoms with E-state index in [2.05, 4.69) is 5.32 Å². The van der Waals surface area contributed by atoms with Crippen molar-refractivity contribution in [3.05, 3.63) is 51.9 Å². The van der Waals surface area contributed by atoms with Gasteiger partial charge in [0.1, 0.15) is 11.9 Å². The van der Waals surface area contributed by atoms with E-state index in [9.17, 15) is 14.7 Å². The Balaban J connectivity index is 1.94. The Morgan fingerprint density at radius 2 is 1.96 bits per heavy atom. The summed E-state index contributed by atoms with van der Waals surface area (Å²) < 4.78 is 3.57. The van der Waals surface area contributed by atoms with Crippen molar-refractivity contribution in [1.82, 2.24) is 19.4 Å². The molecule has 0 bridgehead atoms. The summed E-state index contributed by atoms with van der Waals surface area (Å²) in [4.78, 5) is 28.1. The van der Waals surface area contributed by atoms with Gasteiger partial charge in [0, 0.05) is 38.0 Å². The number of pyridine rings is 1. The number of benzene rings is 1. The minimum atomic E-state index is -0.846. The van der Waals surface area contributed by atoms with Crippen LogP contribution < -0.4 is 10.9 Å². The molecule has 0 saturated heterocycles. The van der Waals surface area contributed by atoms with Gasteiger partial charge in [0.2, 0.25) is 0 Å². The summed E-state index contributed by atoms with van der Waals surface area (Å²) in [6.07, 6.45) is 1.79. The SMILES string of the molecule is Cc1cc(-c2nc3cc(CN[C@H](C(=O)O)C(C)C)ccc3n2C)cn(C)c1=O. The molecule has 148 valence electrons. The fraction of sp³-hybridized carbons (Fsp3) is 0.381. The molecule has 28 heavy (non-hydrogen) atoms. The molecule has 0 fully saturated rings. The van der Waals surface area contributed by atoms with E-state index in [-0.39, 0.29) is 11.5 Å². The predicted octanol–water partition coefficient (Wildman–Crippen LogP) is 2.45. The van der Waals surface area contributed by atoms with Crippen LogP contribution in [0.4, 0.5) is 0 Å². The number of nitrogens with zero attached hydrogens (tertiary/aromatic N) is 3. The Bertz CT molecular complexity index is 1070. The number of carbonyl (C=O) groups is 1. The van der Waals surface area contributed by atoms with Crippen LogP contribution in [0.2, 0.25) is 0 Å². The number of imidazole rings is 1. The molecular formula is C21H26N4O3. The summed E-state index contributed by atoms with van der Waals surface area (Å²) in [6, 6.07) is 7.20. The number of carboxylic acids is 1. The number of rotatable bonds is 6. The summed E-state index contributed by atoms with van der Waals surface area (Å²) in [5.74, 6) is -0.0682. The largest absolute Gasteiger partial charge is 0.480 e. The molecule has 0 aliphatic heterocycles. The van der Waals surface area contributed by atoms with Crippen molar-refractivity contribution in [3.63, 3.8) is 0 Å². The highest BCUT2D eigenvalue weighted by Crippen LogP contribution is 2.24. The lowest BCUT2D eigenvalue weighted by Crippen LogP contribution is -2.40. The van der Waals surface area contributed by atoms with Gasteiger partial charge in [-0.2, -0.15) is 0 Å². The minimum Gasteiger partial charge on any atom is -0.480 e. The fourth-order valence-electron chi connectivity index (χ4n) is 3.45. The van der Waals surface area contributed by atoms with E-state index in [1.165, 1.54) is 0 Å². The Morgan fingerprint density at radius 1 is 1.25 bits per heavy atom. The summed E-state index contributed by atoms with van der Waals surface area (Å²) in [7, 11) is 3.68. The molecule has 3 aromatic rings. The first-order chi connectivity index (χ1) is 13.2. The lowest BCUT2D eigenvalue weighted by molar-refractivity contribution is -0.140. The van der Waals surface area contributed by atoms with E-state index in [1.54, 1.807) is 24.7 Å². The van der Waals surface area contributed by atoms with Gasteiger partial charge < -0.3 is 19.6 Å². The van der Waals surface area contributed by atoms with Crippen LogP contribution in [0.1, 0.15) is 25.0 Å². The van der Waals surface area contributed by atoms with Crippen molar-refractivity contribution in [2.45, 2.75) is 33.4 Å². The number of fused-ring (bicyclic) bond motifs is 1. The topological polar surface area (TPSA) is 89.2 Å². The zero-order valence-electron chi connectivity index (χ0n) is 16.9. The summed E-state index contributed by atoms with van der Waals surface area (Å²) in [5, 5.41) is 12.4. The third-order valence-electron chi connectivity index (χ3n) is 5.02. The highest BCUT2D eigenvalue weighted by Gasteiger charge is 2.20. The number of aryl methyl sites for hydroxylation is 3. The maximum Gasteiger partial charge on any atom is 0.320 e. The van der Waals surface area contributed by atoms with Gasteiger partial charge in [0.25, 0.3) is 5.56 Å². The Kier molecular flexibility index (Phi) is 5.38.